The maximum Gasteiger partial charge on any atom is 0.407 e. The van der Waals surface area contributed by atoms with Gasteiger partial charge in [-0.25, -0.2) is 4.79 Å². The van der Waals surface area contributed by atoms with E-state index in [1.807, 2.05) is 25.4 Å². The van der Waals surface area contributed by atoms with E-state index in [-0.39, 0.29) is 23.0 Å². The largest absolute Gasteiger partial charge is 0.446 e. The van der Waals surface area contributed by atoms with Crippen LogP contribution >= 0.6 is 0 Å². The van der Waals surface area contributed by atoms with Crippen molar-refractivity contribution in [2.75, 3.05) is 6.54 Å². The quantitative estimate of drug-likeness (QED) is 0.606. The monoisotopic (exact) mass is 418 g/mol. The maximum absolute atomic E-state index is 11.9. The molecular weight excluding hydrogens is 384 g/mol. The Morgan fingerprint density at radius 2 is 2.13 bits per heavy atom. The second-order valence-corrected chi connectivity index (χ2v) is 10.2. The number of pyridine rings is 1. The molecule has 1 amide bonds. The minimum Gasteiger partial charge on any atom is -0.446 e. The van der Waals surface area contributed by atoms with Crippen molar-refractivity contribution in [2.24, 2.45) is 22.7 Å². The first-order valence-corrected chi connectivity index (χ1v) is 11.9. The first-order valence-electron chi connectivity index (χ1n) is 11.9. The van der Waals surface area contributed by atoms with Gasteiger partial charge in [-0.15, -0.1) is 0 Å². The molecule has 1 aromatic rings. The number of nitrogens with zero attached hydrogens (tertiary/aromatic N) is 1. The molecule has 164 valence electrons. The highest BCUT2D eigenvalue weighted by atomic mass is 16.6. The number of carbonyl (C=O) groups excluding carboxylic acids is 1. The first kappa shape index (κ1) is 20.5. The summed E-state index contributed by atoms with van der Waals surface area (Å²) in [6.45, 7) is 7.45. The summed E-state index contributed by atoms with van der Waals surface area (Å²) in [5, 5.41) is 2.77. The number of rotatable bonds is 3. The Labute approximate surface area is 185 Å². The topological polar surface area (TPSA) is 51.2 Å². The fraction of sp³-hybridized carbons (Fsp3) is 0.556. The molecule has 0 unspecified atom stereocenters. The third kappa shape index (κ3) is 3.26. The molecule has 1 aromatic heterocycles. The highest BCUT2D eigenvalue weighted by Crippen LogP contribution is 2.64. The van der Waals surface area contributed by atoms with E-state index in [0.717, 1.165) is 25.7 Å². The van der Waals surface area contributed by atoms with E-state index in [4.69, 9.17) is 4.74 Å². The molecule has 31 heavy (non-hydrogen) atoms. The first-order chi connectivity index (χ1) is 15.0. The number of amides is 1. The summed E-state index contributed by atoms with van der Waals surface area (Å²) in [6, 6.07) is 4.24. The maximum atomic E-state index is 11.9. The van der Waals surface area contributed by atoms with Crippen LogP contribution in [0.25, 0.3) is 5.57 Å². The normalized spacial score (nSPS) is 36.2. The molecule has 0 radical (unpaired) electrons. The van der Waals surface area contributed by atoms with Gasteiger partial charge >= 0.3 is 6.09 Å². The number of alkyl carbamates (subject to hydrolysis) is 1. The molecule has 4 aliphatic rings. The molecule has 5 atom stereocenters. The lowest BCUT2D eigenvalue weighted by atomic mass is 9.49. The summed E-state index contributed by atoms with van der Waals surface area (Å²) in [6.07, 6.45) is 17.4. The number of hydrogen-bond acceptors (Lipinski definition) is 3. The second-order valence-electron chi connectivity index (χ2n) is 10.2. The van der Waals surface area contributed by atoms with Crippen LogP contribution < -0.4 is 5.32 Å². The van der Waals surface area contributed by atoms with E-state index >= 15 is 0 Å². The average Bonchev–Trinajstić information content (AvgIpc) is 3.12. The number of carbonyl (C=O) groups is 1. The van der Waals surface area contributed by atoms with E-state index in [9.17, 15) is 4.79 Å². The third-order valence-electron chi connectivity index (χ3n) is 8.67. The zero-order valence-corrected chi connectivity index (χ0v) is 19.0. The SMILES string of the molecule is CCNC(=O)O[C@H]1CC[C@@]2(C)C(=CC[C@H]3C4=CC=C(c5cccnc5)[C@@]4(C)CC[C@@H]32)C1. The summed E-state index contributed by atoms with van der Waals surface area (Å²) in [5.74, 6) is 1.29. The molecule has 0 spiro atoms. The van der Waals surface area contributed by atoms with Crippen molar-refractivity contribution in [2.45, 2.75) is 65.4 Å². The summed E-state index contributed by atoms with van der Waals surface area (Å²) in [7, 11) is 0. The molecule has 4 aliphatic carbocycles. The summed E-state index contributed by atoms with van der Waals surface area (Å²) < 4.78 is 5.69. The highest BCUT2D eigenvalue weighted by molar-refractivity contribution is 5.78. The van der Waals surface area contributed by atoms with E-state index in [2.05, 4.69) is 48.4 Å². The van der Waals surface area contributed by atoms with Gasteiger partial charge in [0.15, 0.2) is 0 Å². The van der Waals surface area contributed by atoms with Crippen LogP contribution in [0.1, 0.15) is 64.9 Å². The van der Waals surface area contributed by atoms with Crippen molar-refractivity contribution in [1.29, 1.82) is 0 Å². The van der Waals surface area contributed by atoms with Gasteiger partial charge < -0.3 is 10.1 Å². The van der Waals surface area contributed by atoms with E-state index in [1.165, 1.54) is 29.6 Å². The Bertz CT molecular complexity index is 963. The Hall–Kier alpha value is -2.36. The summed E-state index contributed by atoms with van der Waals surface area (Å²) in [5.41, 5.74) is 6.20. The average molecular weight is 419 g/mol. The van der Waals surface area contributed by atoms with Gasteiger partial charge in [-0.1, -0.05) is 49.3 Å². The fourth-order valence-corrected chi connectivity index (χ4v) is 7.01. The van der Waals surface area contributed by atoms with Gasteiger partial charge in [0.1, 0.15) is 6.10 Å². The Balaban J connectivity index is 1.37. The van der Waals surface area contributed by atoms with Crippen LogP contribution in [-0.4, -0.2) is 23.7 Å². The molecule has 0 aliphatic heterocycles. The van der Waals surface area contributed by atoms with Crippen molar-refractivity contribution in [3.05, 3.63) is 59.5 Å². The van der Waals surface area contributed by atoms with E-state index in [0.29, 0.717) is 18.4 Å². The van der Waals surface area contributed by atoms with Gasteiger partial charge in [-0.05, 0) is 73.5 Å². The van der Waals surface area contributed by atoms with Gasteiger partial charge in [-0.2, -0.15) is 0 Å². The van der Waals surface area contributed by atoms with Crippen molar-refractivity contribution in [1.82, 2.24) is 10.3 Å². The molecule has 0 saturated heterocycles. The van der Waals surface area contributed by atoms with Crippen LogP contribution in [0.15, 0.2) is 53.9 Å². The Morgan fingerprint density at radius 3 is 2.90 bits per heavy atom. The minimum absolute atomic E-state index is 0.0147. The van der Waals surface area contributed by atoms with Crippen molar-refractivity contribution >= 4 is 11.7 Å². The lowest BCUT2D eigenvalue weighted by Gasteiger charge is -2.56. The number of hydrogen-bond donors (Lipinski definition) is 1. The molecule has 1 N–H and O–H groups in total. The Kier molecular flexibility index (Phi) is 5.07. The van der Waals surface area contributed by atoms with Crippen molar-refractivity contribution in [3.8, 4) is 0 Å². The molecule has 4 nitrogen and oxygen atoms in total. The molecule has 0 aromatic carbocycles. The molecule has 1 heterocycles. The third-order valence-corrected chi connectivity index (χ3v) is 8.67. The molecule has 2 saturated carbocycles. The van der Waals surface area contributed by atoms with Crippen LogP contribution in [-0.2, 0) is 4.74 Å². The van der Waals surface area contributed by atoms with Gasteiger partial charge in [0, 0.05) is 30.8 Å². The molecule has 4 heteroatoms. The lowest BCUT2D eigenvalue weighted by molar-refractivity contribution is 0.0250. The molecule has 2 fully saturated rings. The minimum atomic E-state index is -0.274. The zero-order valence-electron chi connectivity index (χ0n) is 19.0. The van der Waals surface area contributed by atoms with Crippen molar-refractivity contribution < 1.29 is 9.53 Å². The fourth-order valence-electron chi connectivity index (χ4n) is 7.01. The second kappa shape index (κ2) is 7.65. The number of aromatic nitrogens is 1. The van der Waals surface area contributed by atoms with E-state index in [1.54, 1.807) is 5.57 Å². The predicted molar refractivity (Wildman–Crippen MR) is 123 cm³/mol. The number of fused-ring (bicyclic) bond motifs is 5. The Morgan fingerprint density at radius 1 is 1.26 bits per heavy atom. The standard InChI is InChI=1S/C27H34N2O2/c1-4-29-25(30)31-20-11-13-26(2)19(16-20)7-8-21-23-10-9-22(18-6-5-15-28-17-18)27(23,3)14-12-24(21)26/h5-7,9-10,15,17,20-21,24H,4,8,11-14,16H2,1-3H3,(H,29,30)/t20-,21-,24-,26-,27+/m0/s1. The van der Waals surface area contributed by atoms with Gasteiger partial charge in [0.05, 0.1) is 0 Å². The molecule has 5 rings (SSSR count). The number of nitrogens with one attached hydrogen (secondary N) is 1. The zero-order chi connectivity index (χ0) is 21.6. The van der Waals surface area contributed by atoms with Crippen LogP contribution in [0.2, 0.25) is 0 Å². The summed E-state index contributed by atoms with van der Waals surface area (Å²) in [4.78, 5) is 16.3. The van der Waals surface area contributed by atoms with E-state index < -0.39 is 0 Å². The predicted octanol–water partition coefficient (Wildman–Crippen LogP) is 6.07. The lowest BCUT2D eigenvalue weighted by Crippen LogP contribution is -2.47. The van der Waals surface area contributed by atoms with Gasteiger partial charge in [0.2, 0.25) is 0 Å². The number of ether oxygens (including phenoxy) is 1. The van der Waals surface area contributed by atoms with Gasteiger partial charge in [0.25, 0.3) is 0 Å². The smallest absolute Gasteiger partial charge is 0.407 e. The van der Waals surface area contributed by atoms with Crippen LogP contribution in [0.3, 0.4) is 0 Å². The molecular formula is C27H34N2O2. The van der Waals surface area contributed by atoms with Crippen LogP contribution in [0.5, 0.6) is 0 Å². The van der Waals surface area contributed by atoms with Gasteiger partial charge in [-0.3, -0.25) is 4.98 Å². The number of allylic oxidation sites excluding steroid dienone is 5. The highest BCUT2D eigenvalue weighted by Gasteiger charge is 2.54. The molecule has 0 bridgehead atoms. The van der Waals surface area contributed by atoms with Crippen LogP contribution in [0.4, 0.5) is 4.79 Å². The van der Waals surface area contributed by atoms with Crippen LogP contribution in [0, 0.1) is 22.7 Å². The summed E-state index contributed by atoms with van der Waals surface area (Å²) >= 11 is 0. The van der Waals surface area contributed by atoms with Crippen molar-refractivity contribution in [3.63, 3.8) is 0 Å².